The van der Waals surface area contributed by atoms with Crippen LogP contribution in [0, 0.1) is 0 Å². The van der Waals surface area contributed by atoms with E-state index in [9.17, 15) is 35.9 Å². The summed E-state index contributed by atoms with van der Waals surface area (Å²) in [4.78, 5) is 29.8. The maximum atomic E-state index is 13.7. The molecule has 2 aromatic heterocycles. The average Bonchev–Trinajstić information content (AvgIpc) is 3.82. The first-order valence-electron chi connectivity index (χ1n) is 18.5. The highest BCUT2D eigenvalue weighted by Gasteiger charge is 2.38. The molecule has 0 bridgehead atoms. The summed E-state index contributed by atoms with van der Waals surface area (Å²) in [6.07, 6.45) is -6.44. The van der Waals surface area contributed by atoms with Crippen molar-refractivity contribution in [1.82, 2.24) is 9.80 Å². The van der Waals surface area contributed by atoms with Crippen LogP contribution in [-0.4, -0.2) is 34.7 Å². The van der Waals surface area contributed by atoms with E-state index in [0.717, 1.165) is 44.1 Å². The number of amides is 2. The standard InChI is InChI=1S/2C23H17ClF3NOS/c2*1-2-22(29)28-12-18(17-11-21(24)30-20(17)13-28)15-8-4-3-7-14(15)16-9-5-6-10-19(16)23(25,26)27/h2*2-11,18H,1,12-13H2/t2*18-/m10/s1. The van der Waals surface area contributed by atoms with E-state index in [1.54, 1.807) is 58.3 Å². The van der Waals surface area contributed by atoms with Crippen LogP contribution >= 0.6 is 45.9 Å². The molecule has 4 aromatic carbocycles. The summed E-state index contributed by atoms with van der Waals surface area (Å²) in [6, 6.07) is 28.9. The van der Waals surface area contributed by atoms with Gasteiger partial charge in [0.2, 0.25) is 11.8 Å². The largest absolute Gasteiger partial charge is 0.417 e. The van der Waals surface area contributed by atoms with Crippen molar-refractivity contribution in [2.24, 2.45) is 0 Å². The van der Waals surface area contributed by atoms with Crippen molar-refractivity contribution in [2.45, 2.75) is 37.3 Å². The lowest BCUT2D eigenvalue weighted by molar-refractivity contribution is -0.137. The van der Waals surface area contributed by atoms with Crippen molar-refractivity contribution < 1.29 is 35.9 Å². The Morgan fingerprint density at radius 3 is 1.23 bits per heavy atom. The lowest BCUT2D eigenvalue weighted by atomic mass is 9.83. The van der Waals surface area contributed by atoms with Crippen LogP contribution in [0.5, 0.6) is 0 Å². The Labute approximate surface area is 360 Å². The molecule has 0 saturated heterocycles. The van der Waals surface area contributed by atoms with Crippen molar-refractivity contribution in [3.63, 3.8) is 0 Å². The number of hydrogen-bond acceptors (Lipinski definition) is 4. The van der Waals surface area contributed by atoms with Crippen molar-refractivity contribution in [2.75, 3.05) is 13.1 Å². The van der Waals surface area contributed by atoms with Crippen molar-refractivity contribution >= 4 is 57.7 Å². The number of rotatable bonds is 6. The summed E-state index contributed by atoms with van der Waals surface area (Å²) in [6.45, 7) is 8.63. The highest BCUT2D eigenvalue weighted by Crippen LogP contribution is 2.47. The van der Waals surface area contributed by atoms with Gasteiger partial charge in [-0.25, -0.2) is 0 Å². The van der Waals surface area contributed by atoms with E-state index in [2.05, 4.69) is 13.2 Å². The maximum Gasteiger partial charge on any atom is 0.417 e. The van der Waals surface area contributed by atoms with Gasteiger partial charge in [0.1, 0.15) is 0 Å². The Hall–Kier alpha value is -5.14. The van der Waals surface area contributed by atoms with Gasteiger partial charge in [0, 0.05) is 34.7 Å². The smallest absolute Gasteiger partial charge is 0.333 e. The normalized spacial score (nSPS) is 16.3. The molecule has 0 radical (unpaired) electrons. The second kappa shape index (κ2) is 17.5. The fourth-order valence-corrected chi connectivity index (χ4v) is 10.6. The van der Waals surface area contributed by atoms with Gasteiger partial charge in [-0.3, -0.25) is 9.59 Å². The molecule has 4 nitrogen and oxygen atoms in total. The molecule has 0 spiro atoms. The van der Waals surface area contributed by atoms with Crippen molar-refractivity contribution in [3.05, 3.63) is 186 Å². The monoisotopic (exact) mass is 894 g/mol. The number of thiophene rings is 2. The van der Waals surface area contributed by atoms with Gasteiger partial charge in [-0.2, -0.15) is 26.3 Å². The minimum atomic E-state index is -4.47. The lowest BCUT2D eigenvalue weighted by Gasteiger charge is -2.33. The molecule has 0 aliphatic carbocycles. The molecule has 6 aromatic rings. The van der Waals surface area contributed by atoms with Crippen LogP contribution in [0.3, 0.4) is 0 Å². The quantitative estimate of drug-likeness (QED) is 0.123. The third kappa shape index (κ3) is 8.83. The Balaban J connectivity index is 0.000000181. The number of halogens is 8. The Morgan fingerprint density at radius 1 is 0.550 bits per heavy atom. The maximum absolute atomic E-state index is 13.7. The molecule has 60 heavy (non-hydrogen) atoms. The van der Waals surface area contributed by atoms with Crippen LogP contribution in [0.25, 0.3) is 22.3 Å². The molecule has 14 heteroatoms. The first-order chi connectivity index (χ1) is 28.6. The van der Waals surface area contributed by atoms with Crippen LogP contribution in [-0.2, 0) is 35.0 Å². The zero-order chi connectivity index (χ0) is 42.9. The van der Waals surface area contributed by atoms with E-state index in [4.69, 9.17) is 23.2 Å². The fraction of sp³-hybridized carbons (Fsp3) is 0.174. The minimum Gasteiger partial charge on any atom is -0.333 e. The van der Waals surface area contributed by atoms with Gasteiger partial charge in [0.25, 0.3) is 0 Å². The van der Waals surface area contributed by atoms with Gasteiger partial charge in [0.15, 0.2) is 0 Å². The Kier molecular flexibility index (Phi) is 12.5. The summed E-state index contributed by atoms with van der Waals surface area (Å²) < 4.78 is 83.3. The number of carbonyl (C=O) groups excluding carboxylic acids is 2. The van der Waals surface area contributed by atoms with Gasteiger partial charge in [-0.05, 0) is 80.9 Å². The third-order valence-corrected chi connectivity index (χ3v) is 13.1. The number of hydrogen-bond donors (Lipinski definition) is 0. The first-order valence-corrected chi connectivity index (χ1v) is 20.9. The van der Waals surface area contributed by atoms with Crippen LogP contribution < -0.4 is 0 Å². The highest BCUT2D eigenvalue weighted by molar-refractivity contribution is 7.16. The van der Waals surface area contributed by atoms with Crippen LogP contribution in [0.1, 0.15) is 55.0 Å². The molecule has 0 fully saturated rings. The zero-order valence-electron chi connectivity index (χ0n) is 31.5. The van der Waals surface area contributed by atoms with E-state index in [1.165, 1.54) is 59.1 Å². The summed E-state index contributed by atoms with van der Waals surface area (Å²) in [5.41, 5.74) is 3.23. The van der Waals surface area contributed by atoms with Gasteiger partial charge in [-0.1, -0.05) is 121 Å². The molecule has 0 N–H and O–H groups in total. The SMILES string of the molecule is C=CC(=O)N1Cc2sc(Cl)cc2[C@@H](c2ccccc2-c2ccccc2C(F)(F)F)C1.C=CC(=O)N1Cc2sc(Cl)cc2[C@H](c2ccccc2-c2ccccc2C(F)(F)F)C1. The summed E-state index contributed by atoms with van der Waals surface area (Å²) >= 11 is 15.3. The molecule has 2 amide bonds. The topological polar surface area (TPSA) is 40.6 Å². The van der Waals surface area contributed by atoms with Crippen molar-refractivity contribution in [3.8, 4) is 22.3 Å². The number of carbonyl (C=O) groups is 2. The molecule has 8 rings (SSSR count). The number of fused-ring (bicyclic) bond motifs is 2. The van der Waals surface area contributed by atoms with E-state index in [-0.39, 0.29) is 34.8 Å². The van der Waals surface area contributed by atoms with Gasteiger partial charge < -0.3 is 9.80 Å². The molecular weight excluding hydrogens is 862 g/mol. The van der Waals surface area contributed by atoms with E-state index >= 15 is 0 Å². The predicted octanol–water partition coefficient (Wildman–Crippen LogP) is 13.5. The predicted molar refractivity (Wildman–Crippen MR) is 227 cm³/mol. The zero-order valence-corrected chi connectivity index (χ0v) is 34.6. The second-order valence-electron chi connectivity index (χ2n) is 14.1. The molecular formula is C46H34Cl2F6N2O2S2. The second-order valence-corrected chi connectivity index (χ2v) is 17.6. The molecule has 2 aliphatic heterocycles. The number of benzene rings is 4. The molecule has 308 valence electrons. The molecule has 2 aliphatic rings. The molecule has 0 saturated carbocycles. The average molecular weight is 896 g/mol. The van der Waals surface area contributed by atoms with Crippen molar-refractivity contribution in [1.29, 1.82) is 0 Å². The van der Waals surface area contributed by atoms with Crippen LogP contribution in [0.15, 0.2) is 135 Å². The molecule has 2 atom stereocenters. The molecule has 0 unspecified atom stereocenters. The lowest BCUT2D eigenvalue weighted by Crippen LogP contribution is -2.37. The minimum absolute atomic E-state index is 0.121. The summed E-state index contributed by atoms with van der Waals surface area (Å²) in [5, 5.41) is 0. The summed E-state index contributed by atoms with van der Waals surface area (Å²) in [5.74, 6) is -1.02. The third-order valence-electron chi connectivity index (χ3n) is 10.5. The number of nitrogens with zero attached hydrogens (tertiary/aromatic N) is 2. The van der Waals surface area contributed by atoms with Gasteiger partial charge in [-0.15, -0.1) is 22.7 Å². The van der Waals surface area contributed by atoms with E-state index < -0.39 is 23.5 Å². The Bertz CT molecular complexity index is 2420. The van der Waals surface area contributed by atoms with Crippen LogP contribution in [0.2, 0.25) is 8.67 Å². The summed E-state index contributed by atoms with van der Waals surface area (Å²) in [7, 11) is 0. The first kappa shape index (κ1) is 43.0. The van der Waals surface area contributed by atoms with Crippen LogP contribution in [0.4, 0.5) is 26.3 Å². The molecule has 4 heterocycles. The van der Waals surface area contributed by atoms with Gasteiger partial charge in [0.05, 0.1) is 32.9 Å². The fourth-order valence-electron chi connectivity index (χ4n) is 7.92. The Morgan fingerprint density at radius 2 is 0.883 bits per heavy atom. The highest BCUT2D eigenvalue weighted by atomic mass is 35.5. The van der Waals surface area contributed by atoms with E-state index in [0.29, 0.717) is 46.0 Å². The number of alkyl halides is 6. The van der Waals surface area contributed by atoms with E-state index in [1.807, 2.05) is 24.3 Å². The van der Waals surface area contributed by atoms with Gasteiger partial charge >= 0.3 is 12.4 Å².